The van der Waals surface area contributed by atoms with Gasteiger partial charge in [0.05, 0.1) is 19.6 Å². The summed E-state index contributed by atoms with van der Waals surface area (Å²) in [6.07, 6.45) is 4.89. The first-order valence-corrected chi connectivity index (χ1v) is 11.1. The Morgan fingerprint density at radius 3 is 2.23 bits per heavy atom. The summed E-state index contributed by atoms with van der Waals surface area (Å²) in [5.74, 6) is 1.50. The van der Waals surface area contributed by atoms with E-state index in [2.05, 4.69) is 6.92 Å². The van der Waals surface area contributed by atoms with E-state index >= 15 is 0 Å². The van der Waals surface area contributed by atoms with E-state index in [9.17, 15) is 4.79 Å². The molecule has 2 aromatic carbocycles. The SMILES string of the molecule is CCCC[N+]12CCC(CC1)C(OC(=O)C1c3ccccc3Oc3ccccc31)C2.[Br-]. The number of unbranched alkanes of at least 4 members (excludes halogenated alkanes) is 1. The molecule has 0 radical (unpaired) electrons. The van der Waals surface area contributed by atoms with Crippen LogP contribution >= 0.6 is 0 Å². The summed E-state index contributed by atoms with van der Waals surface area (Å²) in [6.45, 7) is 6.97. The Kier molecular flexibility index (Phi) is 6.21. The molecule has 0 N–H and O–H groups in total. The molecule has 6 rings (SSSR count). The van der Waals surface area contributed by atoms with E-state index in [0.717, 1.165) is 33.7 Å². The minimum atomic E-state index is -0.407. The van der Waals surface area contributed by atoms with E-state index < -0.39 is 5.92 Å². The Balaban J connectivity index is 0.00000218. The van der Waals surface area contributed by atoms with Crippen molar-refractivity contribution in [2.45, 2.75) is 44.6 Å². The monoisotopic (exact) mass is 471 g/mol. The molecule has 1 atom stereocenters. The Hall–Kier alpha value is -1.85. The van der Waals surface area contributed by atoms with Gasteiger partial charge in [0.15, 0.2) is 6.10 Å². The van der Waals surface area contributed by atoms with Crippen LogP contribution in [0.4, 0.5) is 0 Å². The van der Waals surface area contributed by atoms with Crippen LogP contribution in [0.15, 0.2) is 48.5 Å². The number of halogens is 1. The van der Waals surface area contributed by atoms with E-state index in [1.54, 1.807) is 0 Å². The lowest BCUT2D eigenvalue weighted by molar-refractivity contribution is -0.946. The molecule has 5 heteroatoms. The highest BCUT2D eigenvalue weighted by Crippen LogP contribution is 2.45. The second kappa shape index (κ2) is 8.72. The van der Waals surface area contributed by atoms with Crippen LogP contribution in [-0.4, -0.2) is 42.7 Å². The van der Waals surface area contributed by atoms with Gasteiger partial charge in [-0.1, -0.05) is 49.7 Å². The van der Waals surface area contributed by atoms with Gasteiger partial charge in [-0.05, 0) is 18.6 Å². The van der Waals surface area contributed by atoms with Crippen molar-refractivity contribution in [3.8, 4) is 11.5 Å². The number of carbonyl (C=O) groups excluding carboxylic acids is 1. The molecule has 0 amide bonds. The predicted molar refractivity (Wildman–Crippen MR) is 112 cm³/mol. The number of rotatable bonds is 5. The molecule has 1 unspecified atom stereocenters. The summed E-state index contributed by atoms with van der Waals surface area (Å²) in [7, 11) is 0. The summed E-state index contributed by atoms with van der Waals surface area (Å²) in [5.41, 5.74) is 1.82. The largest absolute Gasteiger partial charge is 1.00 e. The molecule has 0 spiro atoms. The Labute approximate surface area is 189 Å². The van der Waals surface area contributed by atoms with E-state index in [4.69, 9.17) is 9.47 Å². The minimum Gasteiger partial charge on any atom is -1.00 e. The van der Waals surface area contributed by atoms with Crippen molar-refractivity contribution in [2.24, 2.45) is 5.92 Å². The maximum atomic E-state index is 13.5. The lowest BCUT2D eigenvalue weighted by Crippen LogP contribution is -3.00. The second-order valence-electron chi connectivity index (χ2n) is 8.97. The van der Waals surface area contributed by atoms with Gasteiger partial charge >= 0.3 is 5.97 Å². The van der Waals surface area contributed by atoms with Crippen LogP contribution in [0.25, 0.3) is 0 Å². The molecule has 0 aromatic heterocycles. The van der Waals surface area contributed by atoms with Crippen LogP contribution < -0.4 is 21.7 Å². The number of nitrogens with zero attached hydrogens (tertiary/aromatic N) is 1. The van der Waals surface area contributed by atoms with Crippen molar-refractivity contribution in [3.05, 3.63) is 59.7 Å². The molecule has 2 aromatic rings. The van der Waals surface area contributed by atoms with Crippen molar-refractivity contribution in [1.29, 1.82) is 0 Å². The number of fused-ring (bicyclic) bond motifs is 5. The number of piperidine rings is 3. The summed E-state index contributed by atoms with van der Waals surface area (Å²) in [5, 5.41) is 0. The fourth-order valence-corrected chi connectivity index (χ4v) is 5.54. The van der Waals surface area contributed by atoms with Crippen molar-refractivity contribution in [1.82, 2.24) is 0 Å². The van der Waals surface area contributed by atoms with Crippen LogP contribution in [-0.2, 0) is 9.53 Å². The highest BCUT2D eigenvalue weighted by Gasteiger charge is 2.48. The van der Waals surface area contributed by atoms with Crippen molar-refractivity contribution in [3.63, 3.8) is 0 Å². The summed E-state index contributed by atoms with van der Waals surface area (Å²) in [6, 6.07) is 15.7. The van der Waals surface area contributed by atoms with Crippen LogP contribution in [0.3, 0.4) is 0 Å². The fourth-order valence-electron chi connectivity index (χ4n) is 5.54. The van der Waals surface area contributed by atoms with Gasteiger partial charge in [0.1, 0.15) is 24.0 Å². The lowest BCUT2D eigenvalue weighted by atomic mass is 9.82. The average Bonchev–Trinajstić information content (AvgIpc) is 2.76. The first kappa shape index (κ1) is 21.4. The number of carbonyl (C=O) groups is 1. The van der Waals surface area contributed by atoms with Gasteiger partial charge < -0.3 is 30.9 Å². The van der Waals surface area contributed by atoms with Gasteiger partial charge in [0, 0.05) is 29.9 Å². The molecular weight excluding hydrogens is 442 g/mol. The first-order valence-electron chi connectivity index (χ1n) is 11.1. The fraction of sp³-hybridized carbons (Fsp3) is 0.480. The number of para-hydroxylation sites is 2. The number of esters is 1. The van der Waals surface area contributed by atoms with Gasteiger partial charge in [0.25, 0.3) is 0 Å². The van der Waals surface area contributed by atoms with Gasteiger partial charge in [-0.2, -0.15) is 0 Å². The zero-order valence-electron chi connectivity index (χ0n) is 17.6. The van der Waals surface area contributed by atoms with Gasteiger partial charge in [0.2, 0.25) is 0 Å². The van der Waals surface area contributed by atoms with Crippen LogP contribution in [0, 0.1) is 5.92 Å². The third-order valence-corrected chi connectivity index (χ3v) is 7.21. The molecule has 0 saturated carbocycles. The Morgan fingerprint density at radius 2 is 1.63 bits per heavy atom. The molecule has 3 saturated heterocycles. The predicted octanol–water partition coefficient (Wildman–Crippen LogP) is 1.88. The zero-order chi connectivity index (χ0) is 19.8. The summed E-state index contributed by atoms with van der Waals surface area (Å²) in [4.78, 5) is 13.5. The van der Waals surface area contributed by atoms with Crippen molar-refractivity contribution in [2.75, 3.05) is 26.2 Å². The van der Waals surface area contributed by atoms with Crippen LogP contribution in [0.5, 0.6) is 11.5 Å². The topological polar surface area (TPSA) is 35.5 Å². The summed E-state index contributed by atoms with van der Waals surface area (Å²) >= 11 is 0. The van der Waals surface area contributed by atoms with E-state index in [-0.39, 0.29) is 29.1 Å². The van der Waals surface area contributed by atoms with Crippen molar-refractivity contribution < 1.29 is 35.7 Å². The maximum absolute atomic E-state index is 13.5. The second-order valence-corrected chi connectivity index (χ2v) is 8.97. The molecule has 0 aliphatic carbocycles. The number of hydrogen-bond acceptors (Lipinski definition) is 3. The normalized spacial score (nSPS) is 26.7. The van der Waals surface area contributed by atoms with E-state index in [1.807, 2.05) is 48.5 Å². The standard InChI is InChI=1S/C25H30NO3.BrH/c1-2-3-14-26-15-12-18(13-16-26)23(17-26)29-25(27)24-19-8-4-6-10-21(19)28-22-11-7-5-9-20(22)24;/h4-11,18,23-24H,2-3,12-17H2,1H3;1H/q+1;/p-1. The van der Waals surface area contributed by atoms with Crippen molar-refractivity contribution >= 4 is 5.97 Å². The third kappa shape index (κ3) is 3.78. The zero-order valence-corrected chi connectivity index (χ0v) is 19.1. The molecule has 4 aliphatic rings. The highest BCUT2D eigenvalue weighted by atomic mass is 79.9. The van der Waals surface area contributed by atoms with Crippen LogP contribution in [0.1, 0.15) is 49.7 Å². The maximum Gasteiger partial charge on any atom is 0.318 e. The lowest BCUT2D eigenvalue weighted by Gasteiger charge is -2.52. The average molecular weight is 472 g/mol. The van der Waals surface area contributed by atoms with Gasteiger partial charge in [-0.25, -0.2) is 0 Å². The van der Waals surface area contributed by atoms with Gasteiger partial charge in [-0.15, -0.1) is 0 Å². The molecule has 4 heterocycles. The molecule has 4 aliphatic heterocycles. The van der Waals surface area contributed by atoms with E-state index in [1.165, 1.54) is 45.3 Å². The Bertz CT molecular complexity index is 861. The summed E-state index contributed by atoms with van der Waals surface area (Å²) < 4.78 is 13.5. The molecule has 160 valence electrons. The molecule has 3 fully saturated rings. The Morgan fingerprint density at radius 1 is 1.03 bits per heavy atom. The minimum absolute atomic E-state index is 0. The molecule has 2 bridgehead atoms. The number of ether oxygens (including phenoxy) is 2. The van der Waals surface area contributed by atoms with Crippen LogP contribution in [0.2, 0.25) is 0 Å². The quantitative estimate of drug-likeness (QED) is 0.493. The molecule has 30 heavy (non-hydrogen) atoms. The van der Waals surface area contributed by atoms with Gasteiger partial charge in [-0.3, -0.25) is 4.79 Å². The smallest absolute Gasteiger partial charge is 0.318 e. The number of quaternary nitrogens is 1. The number of benzene rings is 2. The number of hydrogen-bond donors (Lipinski definition) is 0. The molecule has 4 nitrogen and oxygen atoms in total. The highest BCUT2D eigenvalue weighted by molar-refractivity contribution is 5.85. The third-order valence-electron chi connectivity index (χ3n) is 7.21. The first-order chi connectivity index (χ1) is 14.2. The molecular formula is C25H30BrNO3. The van der Waals surface area contributed by atoms with E-state index in [0.29, 0.717) is 5.92 Å².